The normalized spacial score (nSPS) is 11.2. The molecule has 1 rings (SSSR count). The highest BCUT2D eigenvalue weighted by molar-refractivity contribution is 9.10. The van der Waals surface area contributed by atoms with Crippen molar-refractivity contribution in [2.24, 2.45) is 0 Å². The number of halogens is 3. The molecule has 0 radical (unpaired) electrons. The van der Waals surface area contributed by atoms with Gasteiger partial charge in [-0.3, -0.25) is 4.79 Å². The lowest BCUT2D eigenvalue weighted by atomic mass is 10.0. The highest BCUT2D eigenvalue weighted by Gasteiger charge is 2.35. The molecule has 0 spiro atoms. The standard InChI is InChI=1S/C13H15BrF2O4/c1-19-9-6-5-8(12(20-2)11(9)14)13(15,16)7-3-4-10(17)18/h5-6H,3-4,7H2,1-2H3,(H,17,18). The van der Waals surface area contributed by atoms with E-state index in [2.05, 4.69) is 15.9 Å². The van der Waals surface area contributed by atoms with Gasteiger partial charge in [0.25, 0.3) is 5.92 Å². The third-order valence-electron chi connectivity index (χ3n) is 2.76. The Kier molecular flexibility index (Phi) is 5.74. The summed E-state index contributed by atoms with van der Waals surface area (Å²) in [6, 6.07) is 2.64. The van der Waals surface area contributed by atoms with Gasteiger partial charge in [-0.25, -0.2) is 8.78 Å². The van der Waals surface area contributed by atoms with E-state index in [4.69, 9.17) is 14.6 Å². The van der Waals surface area contributed by atoms with Crippen molar-refractivity contribution in [3.63, 3.8) is 0 Å². The molecule has 1 aromatic carbocycles. The molecule has 0 heterocycles. The van der Waals surface area contributed by atoms with Gasteiger partial charge >= 0.3 is 5.97 Å². The van der Waals surface area contributed by atoms with Crippen LogP contribution in [0.3, 0.4) is 0 Å². The second-order valence-electron chi connectivity index (χ2n) is 4.11. The minimum Gasteiger partial charge on any atom is -0.495 e. The van der Waals surface area contributed by atoms with Crippen LogP contribution in [0.25, 0.3) is 0 Å². The molecular weight excluding hydrogens is 338 g/mol. The maximum Gasteiger partial charge on any atom is 0.303 e. The summed E-state index contributed by atoms with van der Waals surface area (Å²) in [5.41, 5.74) is -0.293. The summed E-state index contributed by atoms with van der Waals surface area (Å²) < 4.78 is 38.6. The molecule has 1 N–H and O–H groups in total. The third kappa shape index (κ3) is 3.82. The predicted octanol–water partition coefficient (Wildman–Crippen LogP) is 3.81. The first-order valence-corrected chi connectivity index (χ1v) is 6.63. The predicted molar refractivity (Wildman–Crippen MR) is 72.6 cm³/mol. The average Bonchev–Trinajstić information content (AvgIpc) is 2.37. The van der Waals surface area contributed by atoms with Gasteiger partial charge in [0.2, 0.25) is 0 Å². The maximum atomic E-state index is 14.1. The summed E-state index contributed by atoms with van der Waals surface area (Å²) in [7, 11) is 2.71. The summed E-state index contributed by atoms with van der Waals surface area (Å²) in [5.74, 6) is -3.89. The van der Waals surface area contributed by atoms with Gasteiger partial charge in [-0.05, 0) is 34.5 Å². The first-order chi connectivity index (χ1) is 9.33. The molecule has 112 valence electrons. The van der Waals surface area contributed by atoms with E-state index in [-0.39, 0.29) is 24.2 Å². The third-order valence-corrected chi connectivity index (χ3v) is 3.51. The van der Waals surface area contributed by atoms with Crippen LogP contribution in [0, 0.1) is 0 Å². The summed E-state index contributed by atoms with van der Waals surface area (Å²) in [4.78, 5) is 10.4. The van der Waals surface area contributed by atoms with Crippen molar-refractivity contribution in [2.75, 3.05) is 14.2 Å². The van der Waals surface area contributed by atoms with E-state index < -0.39 is 18.3 Å². The van der Waals surface area contributed by atoms with Crippen LogP contribution in [-0.4, -0.2) is 25.3 Å². The molecule has 0 aromatic heterocycles. The van der Waals surface area contributed by atoms with Crippen molar-refractivity contribution >= 4 is 21.9 Å². The molecule has 0 saturated heterocycles. The topological polar surface area (TPSA) is 55.8 Å². The number of hydrogen-bond donors (Lipinski definition) is 1. The van der Waals surface area contributed by atoms with Crippen LogP contribution in [0.1, 0.15) is 24.8 Å². The lowest BCUT2D eigenvalue weighted by Crippen LogP contribution is -2.16. The Morgan fingerprint density at radius 2 is 2.00 bits per heavy atom. The van der Waals surface area contributed by atoms with Crippen molar-refractivity contribution in [1.82, 2.24) is 0 Å². The molecule has 1 aromatic rings. The van der Waals surface area contributed by atoms with Crippen LogP contribution in [0.5, 0.6) is 11.5 Å². The molecule has 0 aliphatic heterocycles. The van der Waals surface area contributed by atoms with Gasteiger partial charge in [0, 0.05) is 12.8 Å². The first kappa shape index (κ1) is 16.7. The number of benzene rings is 1. The number of rotatable bonds is 7. The van der Waals surface area contributed by atoms with Crippen LogP contribution in [0.2, 0.25) is 0 Å². The van der Waals surface area contributed by atoms with E-state index >= 15 is 0 Å². The van der Waals surface area contributed by atoms with Gasteiger partial charge in [-0.1, -0.05) is 0 Å². The molecule has 0 aliphatic carbocycles. The van der Waals surface area contributed by atoms with Gasteiger partial charge in [0.05, 0.1) is 19.8 Å². The minimum absolute atomic E-state index is 0.00956. The largest absolute Gasteiger partial charge is 0.495 e. The zero-order chi connectivity index (χ0) is 15.3. The minimum atomic E-state index is -3.17. The number of alkyl halides is 2. The lowest BCUT2D eigenvalue weighted by molar-refractivity contribution is -0.137. The number of hydrogen-bond acceptors (Lipinski definition) is 3. The Labute approximate surface area is 123 Å². The molecule has 7 heteroatoms. The van der Waals surface area contributed by atoms with Crippen LogP contribution in [-0.2, 0) is 10.7 Å². The van der Waals surface area contributed by atoms with Crippen molar-refractivity contribution < 1.29 is 28.2 Å². The van der Waals surface area contributed by atoms with E-state index in [9.17, 15) is 13.6 Å². The fraction of sp³-hybridized carbons (Fsp3) is 0.462. The number of carboxylic acids is 1. The maximum absolute atomic E-state index is 14.1. The second kappa shape index (κ2) is 6.88. The number of carbonyl (C=O) groups is 1. The number of aliphatic carboxylic acids is 1. The summed E-state index contributed by atoms with van der Waals surface area (Å²) in [6.07, 6.45) is -0.973. The Hall–Kier alpha value is -1.37. The smallest absolute Gasteiger partial charge is 0.303 e. The molecule has 0 atom stereocenters. The molecule has 20 heavy (non-hydrogen) atoms. The van der Waals surface area contributed by atoms with Crippen molar-refractivity contribution in [1.29, 1.82) is 0 Å². The lowest BCUT2D eigenvalue weighted by Gasteiger charge is -2.21. The summed E-state index contributed by atoms with van der Waals surface area (Å²) >= 11 is 3.16. The summed E-state index contributed by atoms with van der Waals surface area (Å²) in [6.45, 7) is 0. The fourth-order valence-corrected chi connectivity index (χ4v) is 2.45. The van der Waals surface area contributed by atoms with E-state index in [1.54, 1.807) is 0 Å². The molecule has 0 saturated carbocycles. The number of ether oxygens (including phenoxy) is 2. The van der Waals surface area contributed by atoms with E-state index in [1.165, 1.54) is 26.4 Å². The van der Waals surface area contributed by atoms with Gasteiger partial charge in [-0.15, -0.1) is 0 Å². The monoisotopic (exact) mass is 352 g/mol. The molecule has 0 bridgehead atoms. The fourth-order valence-electron chi connectivity index (χ4n) is 1.78. The SMILES string of the molecule is COc1ccc(C(F)(F)CCCC(=O)O)c(OC)c1Br. The van der Waals surface area contributed by atoms with Crippen molar-refractivity contribution in [2.45, 2.75) is 25.2 Å². The molecule has 0 amide bonds. The molecule has 0 aliphatic rings. The molecule has 0 unspecified atom stereocenters. The van der Waals surface area contributed by atoms with E-state index in [1.807, 2.05) is 0 Å². The second-order valence-corrected chi connectivity index (χ2v) is 4.91. The summed E-state index contributed by atoms with van der Waals surface area (Å²) in [5, 5.41) is 8.50. The van der Waals surface area contributed by atoms with E-state index in [0.29, 0.717) is 10.2 Å². The Balaban J connectivity index is 3.04. The average molecular weight is 353 g/mol. The zero-order valence-corrected chi connectivity index (χ0v) is 12.7. The number of methoxy groups -OCH3 is 2. The van der Waals surface area contributed by atoms with Gasteiger partial charge < -0.3 is 14.6 Å². The van der Waals surface area contributed by atoms with Crippen molar-refractivity contribution in [3.05, 3.63) is 22.2 Å². The molecule has 4 nitrogen and oxygen atoms in total. The zero-order valence-electron chi connectivity index (χ0n) is 11.1. The highest BCUT2D eigenvalue weighted by Crippen LogP contribution is 2.45. The Morgan fingerprint density at radius 3 is 2.50 bits per heavy atom. The van der Waals surface area contributed by atoms with Gasteiger partial charge in [-0.2, -0.15) is 0 Å². The van der Waals surface area contributed by atoms with Crippen LogP contribution in [0.4, 0.5) is 8.78 Å². The van der Waals surface area contributed by atoms with E-state index in [0.717, 1.165) is 0 Å². The first-order valence-electron chi connectivity index (χ1n) is 5.84. The Morgan fingerprint density at radius 1 is 1.35 bits per heavy atom. The number of carboxylic acid groups (broad SMARTS) is 1. The van der Waals surface area contributed by atoms with Crippen LogP contribution < -0.4 is 9.47 Å². The Bertz CT molecular complexity index is 492. The highest BCUT2D eigenvalue weighted by atomic mass is 79.9. The van der Waals surface area contributed by atoms with Gasteiger partial charge in [0.15, 0.2) is 0 Å². The van der Waals surface area contributed by atoms with Gasteiger partial charge in [0.1, 0.15) is 16.0 Å². The van der Waals surface area contributed by atoms with Crippen LogP contribution >= 0.6 is 15.9 Å². The molecular formula is C13H15BrF2O4. The molecule has 0 fully saturated rings. The quantitative estimate of drug-likeness (QED) is 0.810. The van der Waals surface area contributed by atoms with Crippen molar-refractivity contribution in [3.8, 4) is 11.5 Å². The van der Waals surface area contributed by atoms with Crippen LogP contribution in [0.15, 0.2) is 16.6 Å².